The third-order valence-corrected chi connectivity index (χ3v) is 5.24. The van der Waals surface area contributed by atoms with Gasteiger partial charge in [0.25, 0.3) is 0 Å². The van der Waals surface area contributed by atoms with Gasteiger partial charge >= 0.3 is 0 Å². The summed E-state index contributed by atoms with van der Waals surface area (Å²) in [6.45, 7) is 7.06. The van der Waals surface area contributed by atoms with Crippen LogP contribution in [-0.2, 0) is 10.2 Å². The molecule has 0 spiro atoms. The number of hydrogen-bond acceptors (Lipinski definition) is 2. The minimum atomic E-state index is -0.236. The molecule has 1 N–H and O–H groups in total. The van der Waals surface area contributed by atoms with E-state index in [4.69, 9.17) is 0 Å². The summed E-state index contributed by atoms with van der Waals surface area (Å²) in [6, 6.07) is 10.8. The van der Waals surface area contributed by atoms with Crippen molar-refractivity contribution >= 4 is 5.91 Å². The molecule has 1 unspecified atom stereocenters. The van der Waals surface area contributed by atoms with E-state index in [0.29, 0.717) is 17.9 Å². The molecule has 1 aliphatic carbocycles. The maximum atomic E-state index is 13.2. The maximum Gasteiger partial charge on any atom is 0.233 e. The van der Waals surface area contributed by atoms with Crippen LogP contribution in [0.3, 0.4) is 0 Å². The van der Waals surface area contributed by atoms with Gasteiger partial charge in [-0.1, -0.05) is 50.6 Å². The van der Waals surface area contributed by atoms with Gasteiger partial charge in [0.15, 0.2) is 0 Å². The number of nitrogens with one attached hydrogen (secondary N) is 1. The molecule has 2 fully saturated rings. The Kier molecular flexibility index (Phi) is 4.03. The zero-order valence-corrected chi connectivity index (χ0v) is 13.1. The zero-order chi connectivity index (χ0) is 14.9. The quantitative estimate of drug-likeness (QED) is 0.926. The molecule has 1 aromatic carbocycles. The summed E-state index contributed by atoms with van der Waals surface area (Å²) in [4.78, 5) is 15.3. The predicted molar refractivity (Wildman–Crippen MR) is 85.2 cm³/mol. The van der Waals surface area contributed by atoms with Crippen molar-refractivity contribution in [1.82, 2.24) is 10.2 Å². The first-order valence-electron chi connectivity index (χ1n) is 8.22. The molecule has 0 radical (unpaired) electrons. The normalized spacial score (nSPS) is 24.7. The van der Waals surface area contributed by atoms with Crippen LogP contribution in [0.5, 0.6) is 0 Å². The standard InChI is InChI=1S/C18H26N2O/c1-14(2)16-13-20(12-11-19-16)17(21)18(9-6-10-18)15-7-4-3-5-8-15/h3-5,7-8,14,16,19H,6,9-13H2,1-2H3. The first kappa shape index (κ1) is 14.6. The average Bonchev–Trinajstić information content (AvgIpc) is 2.47. The van der Waals surface area contributed by atoms with Gasteiger partial charge < -0.3 is 10.2 Å². The Bertz CT molecular complexity index is 493. The smallest absolute Gasteiger partial charge is 0.233 e. The van der Waals surface area contributed by atoms with Crippen LogP contribution in [0.1, 0.15) is 38.7 Å². The SMILES string of the molecule is CC(C)C1CN(C(=O)C2(c3ccccc3)CCC2)CCN1. The lowest BCUT2D eigenvalue weighted by Crippen LogP contribution is -2.59. The minimum absolute atomic E-state index is 0.236. The molecule has 1 aliphatic heterocycles. The number of carbonyl (C=O) groups is 1. The third kappa shape index (κ3) is 2.59. The Morgan fingerprint density at radius 1 is 1.29 bits per heavy atom. The lowest BCUT2D eigenvalue weighted by atomic mass is 9.63. The van der Waals surface area contributed by atoms with E-state index in [9.17, 15) is 4.79 Å². The summed E-state index contributed by atoms with van der Waals surface area (Å²) in [5.41, 5.74) is 0.973. The Labute approximate surface area is 127 Å². The molecule has 2 aliphatic rings. The third-order valence-electron chi connectivity index (χ3n) is 5.24. The predicted octanol–water partition coefficient (Wildman–Crippen LogP) is 2.56. The van der Waals surface area contributed by atoms with E-state index in [1.807, 2.05) is 6.07 Å². The van der Waals surface area contributed by atoms with Gasteiger partial charge in [-0.25, -0.2) is 0 Å². The number of amides is 1. The molecule has 1 amide bonds. The molecule has 3 rings (SSSR count). The van der Waals surface area contributed by atoms with Gasteiger partial charge in [-0.3, -0.25) is 4.79 Å². The van der Waals surface area contributed by atoms with Crippen molar-refractivity contribution < 1.29 is 4.79 Å². The van der Waals surface area contributed by atoms with E-state index >= 15 is 0 Å². The molecule has 1 saturated carbocycles. The summed E-state index contributed by atoms with van der Waals surface area (Å²) in [6.07, 6.45) is 3.18. The van der Waals surface area contributed by atoms with Crippen molar-refractivity contribution in [3.63, 3.8) is 0 Å². The van der Waals surface area contributed by atoms with Crippen LogP contribution in [0.4, 0.5) is 0 Å². The maximum absolute atomic E-state index is 13.2. The number of rotatable bonds is 3. The van der Waals surface area contributed by atoms with Gasteiger partial charge in [-0.2, -0.15) is 0 Å². The Balaban J connectivity index is 1.80. The summed E-state index contributed by atoms with van der Waals surface area (Å²) in [5, 5.41) is 3.54. The summed E-state index contributed by atoms with van der Waals surface area (Å²) in [7, 11) is 0. The summed E-state index contributed by atoms with van der Waals surface area (Å²) in [5.74, 6) is 0.918. The van der Waals surface area contributed by atoms with Gasteiger partial charge in [0.05, 0.1) is 5.41 Å². The van der Waals surface area contributed by atoms with Crippen molar-refractivity contribution in [2.75, 3.05) is 19.6 Å². The minimum Gasteiger partial charge on any atom is -0.339 e. The highest BCUT2D eigenvalue weighted by Gasteiger charge is 2.48. The Hall–Kier alpha value is -1.35. The molecule has 1 atom stereocenters. The van der Waals surface area contributed by atoms with Gasteiger partial charge in [-0.15, -0.1) is 0 Å². The molecular weight excluding hydrogens is 260 g/mol. The lowest BCUT2D eigenvalue weighted by molar-refractivity contribution is -0.142. The molecule has 21 heavy (non-hydrogen) atoms. The van der Waals surface area contributed by atoms with Gasteiger partial charge in [0.1, 0.15) is 0 Å². The molecule has 3 heteroatoms. The van der Waals surface area contributed by atoms with Crippen molar-refractivity contribution in [1.29, 1.82) is 0 Å². The fourth-order valence-electron chi connectivity index (χ4n) is 3.63. The molecule has 3 nitrogen and oxygen atoms in total. The fourth-order valence-corrected chi connectivity index (χ4v) is 3.63. The zero-order valence-electron chi connectivity index (χ0n) is 13.1. The second-order valence-corrected chi connectivity index (χ2v) is 6.86. The second kappa shape index (κ2) is 5.80. The van der Waals surface area contributed by atoms with E-state index in [0.717, 1.165) is 32.5 Å². The van der Waals surface area contributed by atoms with Crippen molar-refractivity contribution in [3.8, 4) is 0 Å². The number of carbonyl (C=O) groups excluding carboxylic acids is 1. The lowest BCUT2D eigenvalue weighted by Gasteiger charge is -2.46. The van der Waals surface area contributed by atoms with Crippen LogP contribution >= 0.6 is 0 Å². The van der Waals surface area contributed by atoms with Crippen LogP contribution < -0.4 is 5.32 Å². The van der Waals surface area contributed by atoms with Gasteiger partial charge in [0.2, 0.25) is 5.91 Å². The van der Waals surface area contributed by atoms with Gasteiger partial charge in [-0.05, 0) is 24.3 Å². The number of piperazine rings is 1. The monoisotopic (exact) mass is 286 g/mol. The molecular formula is C18H26N2O. The van der Waals surface area contributed by atoms with E-state index < -0.39 is 0 Å². The molecule has 0 bridgehead atoms. The van der Waals surface area contributed by atoms with Crippen LogP contribution in [0.25, 0.3) is 0 Å². The fraction of sp³-hybridized carbons (Fsp3) is 0.611. The first-order chi connectivity index (χ1) is 10.1. The topological polar surface area (TPSA) is 32.3 Å². The van der Waals surface area contributed by atoms with Crippen LogP contribution in [0, 0.1) is 5.92 Å². The van der Waals surface area contributed by atoms with Gasteiger partial charge in [0, 0.05) is 25.7 Å². The summed E-state index contributed by atoms with van der Waals surface area (Å²) >= 11 is 0. The molecule has 0 aromatic heterocycles. The first-order valence-corrected chi connectivity index (χ1v) is 8.22. The van der Waals surface area contributed by atoms with E-state index in [2.05, 4.69) is 48.3 Å². The second-order valence-electron chi connectivity index (χ2n) is 6.86. The van der Waals surface area contributed by atoms with E-state index in [1.165, 1.54) is 12.0 Å². The summed E-state index contributed by atoms with van der Waals surface area (Å²) < 4.78 is 0. The van der Waals surface area contributed by atoms with Crippen LogP contribution in [0.15, 0.2) is 30.3 Å². The largest absolute Gasteiger partial charge is 0.339 e. The van der Waals surface area contributed by atoms with Crippen molar-refractivity contribution in [2.45, 2.75) is 44.6 Å². The van der Waals surface area contributed by atoms with E-state index in [-0.39, 0.29) is 5.41 Å². The highest BCUT2D eigenvalue weighted by molar-refractivity contribution is 5.89. The number of nitrogens with zero attached hydrogens (tertiary/aromatic N) is 1. The molecule has 114 valence electrons. The highest BCUT2D eigenvalue weighted by atomic mass is 16.2. The molecule has 1 saturated heterocycles. The average molecular weight is 286 g/mol. The molecule has 1 aromatic rings. The van der Waals surface area contributed by atoms with E-state index in [1.54, 1.807) is 0 Å². The van der Waals surface area contributed by atoms with Crippen molar-refractivity contribution in [2.24, 2.45) is 5.92 Å². The molecule has 1 heterocycles. The van der Waals surface area contributed by atoms with Crippen molar-refractivity contribution in [3.05, 3.63) is 35.9 Å². The van der Waals surface area contributed by atoms with Crippen LogP contribution in [-0.4, -0.2) is 36.5 Å². The number of hydrogen-bond donors (Lipinski definition) is 1. The number of benzene rings is 1. The Morgan fingerprint density at radius 3 is 2.57 bits per heavy atom. The highest BCUT2D eigenvalue weighted by Crippen LogP contribution is 2.45. The Morgan fingerprint density at radius 2 is 2.00 bits per heavy atom. The van der Waals surface area contributed by atoms with Crippen LogP contribution in [0.2, 0.25) is 0 Å².